The Morgan fingerprint density at radius 3 is 2.81 bits per heavy atom. The van der Waals surface area contributed by atoms with Crippen LogP contribution in [0.3, 0.4) is 0 Å². The van der Waals surface area contributed by atoms with E-state index in [2.05, 4.69) is 15.3 Å². The number of fused-ring (bicyclic) bond motifs is 1. The lowest BCUT2D eigenvalue weighted by molar-refractivity contribution is -0.122. The van der Waals surface area contributed by atoms with Crippen LogP contribution in [0.15, 0.2) is 34.4 Å². The van der Waals surface area contributed by atoms with Gasteiger partial charge in [0.2, 0.25) is 5.91 Å². The first-order chi connectivity index (χ1) is 13.0. The van der Waals surface area contributed by atoms with E-state index in [1.807, 2.05) is 29.5 Å². The molecular formula is C19H19ClN4O2S. The highest BCUT2D eigenvalue weighted by Crippen LogP contribution is 2.31. The molecule has 1 aliphatic rings. The monoisotopic (exact) mass is 402 g/mol. The molecule has 0 unspecified atom stereocenters. The lowest BCUT2D eigenvalue weighted by atomic mass is 10.1. The molecule has 0 radical (unpaired) electrons. The summed E-state index contributed by atoms with van der Waals surface area (Å²) in [4.78, 5) is 34.5. The van der Waals surface area contributed by atoms with E-state index in [4.69, 9.17) is 11.6 Å². The van der Waals surface area contributed by atoms with Crippen LogP contribution >= 0.6 is 22.9 Å². The molecular weight excluding hydrogens is 384 g/mol. The van der Waals surface area contributed by atoms with Gasteiger partial charge in [0.15, 0.2) is 0 Å². The van der Waals surface area contributed by atoms with Crippen LogP contribution in [0.2, 0.25) is 5.02 Å². The van der Waals surface area contributed by atoms with Crippen LogP contribution in [0.1, 0.15) is 18.7 Å². The van der Waals surface area contributed by atoms with Crippen LogP contribution in [0.25, 0.3) is 21.3 Å². The Morgan fingerprint density at radius 2 is 2.11 bits per heavy atom. The molecule has 0 atom stereocenters. The van der Waals surface area contributed by atoms with E-state index in [-0.39, 0.29) is 18.0 Å². The van der Waals surface area contributed by atoms with Gasteiger partial charge >= 0.3 is 0 Å². The molecule has 6 nitrogen and oxygen atoms in total. The van der Waals surface area contributed by atoms with Crippen LogP contribution in [-0.2, 0) is 11.3 Å². The Kier molecular flexibility index (Phi) is 4.99. The van der Waals surface area contributed by atoms with E-state index < -0.39 is 0 Å². The SMILES string of the molecule is CN(CC(=O)NC1CC1)Cc1nc2scc(-c3ccc(Cl)cc3)c2c(=O)[nH]1. The van der Waals surface area contributed by atoms with Gasteiger partial charge in [0, 0.05) is 22.0 Å². The number of hydrogen-bond acceptors (Lipinski definition) is 5. The number of benzene rings is 1. The molecule has 0 spiro atoms. The number of thiophene rings is 1. The maximum atomic E-state index is 12.7. The summed E-state index contributed by atoms with van der Waals surface area (Å²) >= 11 is 7.39. The molecule has 140 valence electrons. The van der Waals surface area contributed by atoms with Crippen molar-refractivity contribution in [3.8, 4) is 11.1 Å². The second kappa shape index (κ2) is 7.42. The molecule has 1 aliphatic carbocycles. The van der Waals surface area contributed by atoms with Crippen molar-refractivity contribution in [2.24, 2.45) is 0 Å². The number of carbonyl (C=O) groups excluding carboxylic acids is 1. The van der Waals surface area contributed by atoms with Gasteiger partial charge in [0.25, 0.3) is 5.56 Å². The second-order valence-electron chi connectivity index (χ2n) is 6.86. The van der Waals surface area contributed by atoms with E-state index in [9.17, 15) is 9.59 Å². The molecule has 2 aromatic heterocycles. The number of amides is 1. The third-order valence-corrected chi connectivity index (χ3v) is 5.55. The number of halogens is 1. The maximum Gasteiger partial charge on any atom is 0.260 e. The Balaban J connectivity index is 1.54. The Bertz CT molecular complexity index is 1040. The highest BCUT2D eigenvalue weighted by molar-refractivity contribution is 7.17. The van der Waals surface area contributed by atoms with E-state index in [1.165, 1.54) is 11.3 Å². The van der Waals surface area contributed by atoms with Gasteiger partial charge in [-0.2, -0.15) is 0 Å². The smallest absolute Gasteiger partial charge is 0.260 e. The molecule has 0 saturated heterocycles. The van der Waals surface area contributed by atoms with Gasteiger partial charge in [0.05, 0.1) is 18.5 Å². The maximum absolute atomic E-state index is 12.7. The van der Waals surface area contributed by atoms with Gasteiger partial charge in [-0.15, -0.1) is 11.3 Å². The first-order valence-corrected chi connectivity index (χ1v) is 9.99. The second-order valence-corrected chi connectivity index (χ2v) is 8.16. The zero-order chi connectivity index (χ0) is 19.0. The number of H-pyrrole nitrogens is 1. The summed E-state index contributed by atoms with van der Waals surface area (Å²) in [6, 6.07) is 7.74. The minimum atomic E-state index is -0.169. The van der Waals surface area contributed by atoms with Crippen molar-refractivity contribution >= 4 is 39.1 Å². The molecule has 2 N–H and O–H groups in total. The fraction of sp³-hybridized carbons (Fsp3) is 0.316. The summed E-state index contributed by atoms with van der Waals surface area (Å²) in [6.07, 6.45) is 2.13. The van der Waals surface area contributed by atoms with Crippen LogP contribution < -0.4 is 10.9 Å². The van der Waals surface area contributed by atoms with Gasteiger partial charge in [0.1, 0.15) is 10.7 Å². The van der Waals surface area contributed by atoms with Crippen LogP contribution in [-0.4, -0.2) is 40.4 Å². The number of carbonyl (C=O) groups is 1. The van der Waals surface area contributed by atoms with Crippen molar-refractivity contribution in [2.45, 2.75) is 25.4 Å². The standard InChI is InChI=1S/C19H19ClN4O2S/c1-24(9-16(25)21-13-6-7-13)8-15-22-18(26)17-14(10-27-19(17)23-15)11-2-4-12(20)5-3-11/h2-5,10,13H,6-9H2,1H3,(H,21,25)(H,22,23,26). The third-order valence-electron chi connectivity index (χ3n) is 4.42. The first kappa shape index (κ1) is 18.2. The summed E-state index contributed by atoms with van der Waals surface area (Å²) in [5.41, 5.74) is 1.61. The summed E-state index contributed by atoms with van der Waals surface area (Å²) in [5.74, 6) is 0.559. The lowest BCUT2D eigenvalue weighted by Gasteiger charge is -2.15. The number of nitrogens with one attached hydrogen (secondary N) is 2. The van der Waals surface area contributed by atoms with Gasteiger partial charge in [-0.05, 0) is 37.6 Å². The van der Waals surface area contributed by atoms with Crippen LogP contribution in [0, 0.1) is 0 Å². The van der Waals surface area contributed by atoms with E-state index in [0.29, 0.717) is 33.7 Å². The fourth-order valence-corrected chi connectivity index (χ4v) is 4.06. The predicted molar refractivity (Wildman–Crippen MR) is 108 cm³/mol. The van der Waals surface area contributed by atoms with Crippen LogP contribution in [0.4, 0.5) is 0 Å². The number of likely N-dealkylation sites (N-methyl/N-ethyl adjacent to an activating group) is 1. The number of nitrogens with zero attached hydrogens (tertiary/aromatic N) is 2. The number of rotatable bonds is 6. The fourth-order valence-electron chi connectivity index (χ4n) is 2.97. The molecule has 4 rings (SSSR count). The first-order valence-electron chi connectivity index (χ1n) is 8.74. The molecule has 3 aromatic rings. The molecule has 0 bridgehead atoms. The lowest BCUT2D eigenvalue weighted by Crippen LogP contribution is -2.36. The van der Waals surface area contributed by atoms with Crippen molar-refractivity contribution in [3.05, 3.63) is 50.8 Å². The molecule has 2 heterocycles. The third kappa shape index (κ3) is 4.21. The van der Waals surface area contributed by atoms with Crippen molar-refractivity contribution in [3.63, 3.8) is 0 Å². The predicted octanol–water partition coefficient (Wildman–Crippen LogP) is 3.02. The normalized spacial score (nSPS) is 14.0. The average molecular weight is 403 g/mol. The van der Waals surface area contributed by atoms with Gasteiger partial charge < -0.3 is 10.3 Å². The summed E-state index contributed by atoms with van der Waals surface area (Å²) in [5, 5.41) is 6.13. The quantitative estimate of drug-likeness (QED) is 0.664. The van der Waals surface area contributed by atoms with Crippen LogP contribution in [0.5, 0.6) is 0 Å². The summed E-state index contributed by atoms with van der Waals surface area (Å²) in [6.45, 7) is 0.677. The number of aromatic amines is 1. The van der Waals surface area contributed by atoms with Crippen molar-refractivity contribution in [1.29, 1.82) is 0 Å². The molecule has 27 heavy (non-hydrogen) atoms. The zero-order valence-corrected chi connectivity index (χ0v) is 16.4. The highest BCUT2D eigenvalue weighted by Gasteiger charge is 2.23. The van der Waals surface area contributed by atoms with Gasteiger partial charge in [-0.25, -0.2) is 4.98 Å². The van der Waals surface area contributed by atoms with E-state index >= 15 is 0 Å². The Morgan fingerprint density at radius 1 is 1.37 bits per heavy atom. The van der Waals surface area contributed by atoms with Crippen molar-refractivity contribution in [2.75, 3.05) is 13.6 Å². The highest BCUT2D eigenvalue weighted by atomic mass is 35.5. The molecule has 8 heteroatoms. The summed E-state index contributed by atoms with van der Waals surface area (Å²) < 4.78 is 0. The summed E-state index contributed by atoms with van der Waals surface area (Å²) in [7, 11) is 1.84. The van der Waals surface area contributed by atoms with Gasteiger partial charge in [-0.3, -0.25) is 14.5 Å². The molecule has 0 aliphatic heterocycles. The Hall–Kier alpha value is -2.22. The van der Waals surface area contributed by atoms with Crippen molar-refractivity contribution < 1.29 is 4.79 Å². The number of aromatic nitrogens is 2. The Labute approximate surface area is 165 Å². The molecule has 1 amide bonds. The topological polar surface area (TPSA) is 78.1 Å². The minimum Gasteiger partial charge on any atom is -0.352 e. The minimum absolute atomic E-state index is 0.00423. The molecule has 1 aromatic carbocycles. The zero-order valence-electron chi connectivity index (χ0n) is 14.8. The van der Waals surface area contributed by atoms with Crippen molar-refractivity contribution in [1.82, 2.24) is 20.2 Å². The average Bonchev–Trinajstić information content (AvgIpc) is 3.31. The van der Waals surface area contributed by atoms with Gasteiger partial charge in [-0.1, -0.05) is 23.7 Å². The largest absolute Gasteiger partial charge is 0.352 e. The van der Waals surface area contributed by atoms with E-state index in [0.717, 1.165) is 24.0 Å². The molecule has 1 fully saturated rings. The van der Waals surface area contributed by atoms with E-state index in [1.54, 1.807) is 12.1 Å². The molecule has 1 saturated carbocycles. The number of hydrogen-bond donors (Lipinski definition) is 2.